The van der Waals surface area contributed by atoms with Crippen molar-refractivity contribution in [3.63, 3.8) is 0 Å². The van der Waals surface area contributed by atoms with Crippen LogP contribution in [0.5, 0.6) is 0 Å². The van der Waals surface area contributed by atoms with Gasteiger partial charge in [-0.2, -0.15) is 0 Å². The van der Waals surface area contributed by atoms with Crippen molar-refractivity contribution < 1.29 is 13.2 Å². The highest BCUT2D eigenvalue weighted by atomic mass is 32.2. The van der Waals surface area contributed by atoms with E-state index in [2.05, 4.69) is 4.72 Å². The van der Waals surface area contributed by atoms with E-state index < -0.39 is 15.9 Å². The monoisotopic (exact) mass is 355 g/mol. The molecule has 1 atom stereocenters. The van der Waals surface area contributed by atoms with Crippen LogP contribution in [0.3, 0.4) is 0 Å². The number of aryl methyl sites for hydroxylation is 1. The Bertz CT molecular complexity index is 777. The fourth-order valence-corrected chi connectivity index (χ4v) is 4.53. The van der Waals surface area contributed by atoms with Crippen LogP contribution in [0.2, 0.25) is 0 Å². The van der Waals surface area contributed by atoms with Gasteiger partial charge in [0.05, 0.1) is 6.04 Å². The standard InChI is InChI=1S/C15H21N3O3S2/c1-10(2)7-12(14-5-4-6-22-14)17-23(20,21)11-8-13(15(16)19)18(3)9-11/h4-6,8-10,12,17H,7H2,1-3H3,(H2,16,19). The van der Waals surface area contributed by atoms with Crippen LogP contribution < -0.4 is 10.5 Å². The number of thiophene rings is 1. The maximum atomic E-state index is 12.6. The molecule has 0 fully saturated rings. The van der Waals surface area contributed by atoms with Gasteiger partial charge in [0.25, 0.3) is 5.91 Å². The molecular formula is C15H21N3O3S2. The zero-order chi connectivity index (χ0) is 17.2. The van der Waals surface area contributed by atoms with E-state index in [1.54, 1.807) is 7.05 Å². The van der Waals surface area contributed by atoms with Crippen molar-refractivity contribution in [3.05, 3.63) is 40.3 Å². The number of hydrogen-bond acceptors (Lipinski definition) is 4. The molecule has 2 aromatic heterocycles. The number of hydrogen-bond donors (Lipinski definition) is 2. The summed E-state index contributed by atoms with van der Waals surface area (Å²) in [4.78, 5) is 12.3. The first-order valence-electron chi connectivity index (χ1n) is 7.22. The number of rotatable bonds is 7. The van der Waals surface area contributed by atoms with Crippen LogP contribution in [0.25, 0.3) is 0 Å². The van der Waals surface area contributed by atoms with E-state index in [9.17, 15) is 13.2 Å². The van der Waals surface area contributed by atoms with Crippen LogP contribution in [0.15, 0.2) is 34.7 Å². The molecule has 2 aromatic rings. The molecule has 2 heterocycles. The molecule has 0 aliphatic heterocycles. The Morgan fingerprint density at radius 3 is 2.61 bits per heavy atom. The number of nitrogens with one attached hydrogen (secondary N) is 1. The van der Waals surface area contributed by atoms with Gasteiger partial charge in [0.15, 0.2) is 0 Å². The van der Waals surface area contributed by atoms with E-state index in [0.29, 0.717) is 12.3 Å². The lowest BCUT2D eigenvalue weighted by Gasteiger charge is -2.19. The lowest BCUT2D eigenvalue weighted by molar-refractivity contribution is 0.0992. The van der Waals surface area contributed by atoms with E-state index in [0.717, 1.165) is 4.88 Å². The minimum atomic E-state index is -3.74. The predicted octanol–water partition coefficient (Wildman–Crippen LogP) is 2.25. The molecule has 0 aliphatic carbocycles. The Kier molecular flexibility index (Phi) is 5.28. The van der Waals surface area contributed by atoms with Crippen molar-refractivity contribution in [1.29, 1.82) is 0 Å². The van der Waals surface area contributed by atoms with E-state index in [4.69, 9.17) is 5.73 Å². The lowest BCUT2D eigenvalue weighted by Crippen LogP contribution is -2.29. The summed E-state index contributed by atoms with van der Waals surface area (Å²) in [5.74, 6) is -0.326. The highest BCUT2D eigenvalue weighted by Gasteiger charge is 2.25. The van der Waals surface area contributed by atoms with Crippen molar-refractivity contribution in [1.82, 2.24) is 9.29 Å². The van der Waals surface area contributed by atoms with Gasteiger partial charge in [-0.1, -0.05) is 19.9 Å². The number of carbonyl (C=O) groups excluding carboxylic acids is 1. The van der Waals surface area contributed by atoms with Gasteiger partial charge in [-0.05, 0) is 29.9 Å². The molecule has 2 rings (SSSR count). The summed E-state index contributed by atoms with van der Waals surface area (Å²) in [5, 5.41) is 1.92. The minimum Gasteiger partial charge on any atom is -0.364 e. The van der Waals surface area contributed by atoms with Gasteiger partial charge in [-0.25, -0.2) is 13.1 Å². The van der Waals surface area contributed by atoms with Crippen LogP contribution in [0, 0.1) is 5.92 Å². The first kappa shape index (κ1) is 17.7. The molecule has 0 aliphatic rings. The first-order chi connectivity index (χ1) is 10.7. The second-order valence-corrected chi connectivity index (χ2v) is 8.55. The Morgan fingerprint density at radius 1 is 1.43 bits per heavy atom. The number of primary amides is 1. The number of aromatic nitrogens is 1. The highest BCUT2D eigenvalue weighted by molar-refractivity contribution is 7.89. The molecule has 0 saturated heterocycles. The molecule has 6 nitrogen and oxygen atoms in total. The van der Waals surface area contributed by atoms with Gasteiger partial charge < -0.3 is 10.3 Å². The lowest BCUT2D eigenvalue weighted by atomic mass is 10.0. The third-order valence-corrected chi connectivity index (χ3v) is 5.86. The third-order valence-electron chi connectivity index (χ3n) is 3.43. The summed E-state index contributed by atoms with van der Waals surface area (Å²) in [6, 6.07) is 4.82. The van der Waals surface area contributed by atoms with Crippen LogP contribution in [0.4, 0.5) is 0 Å². The fraction of sp³-hybridized carbons (Fsp3) is 0.400. The van der Waals surface area contributed by atoms with Gasteiger partial charge in [0, 0.05) is 18.1 Å². The topological polar surface area (TPSA) is 94.2 Å². The van der Waals surface area contributed by atoms with Crippen LogP contribution >= 0.6 is 11.3 Å². The van der Waals surface area contributed by atoms with Gasteiger partial charge in [0.1, 0.15) is 10.6 Å². The molecule has 23 heavy (non-hydrogen) atoms. The Balaban J connectivity index is 2.31. The van der Waals surface area contributed by atoms with Crippen molar-refractivity contribution in [2.75, 3.05) is 0 Å². The zero-order valence-electron chi connectivity index (χ0n) is 13.3. The van der Waals surface area contributed by atoms with Gasteiger partial charge >= 0.3 is 0 Å². The van der Waals surface area contributed by atoms with Crippen molar-refractivity contribution in [2.24, 2.45) is 18.7 Å². The van der Waals surface area contributed by atoms with Crippen LogP contribution in [0.1, 0.15) is 41.7 Å². The molecule has 8 heteroatoms. The average molecular weight is 355 g/mol. The molecule has 126 valence electrons. The molecule has 0 saturated carbocycles. The number of carbonyl (C=O) groups is 1. The van der Waals surface area contributed by atoms with E-state index >= 15 is 0 Å². The molecule has 1 amide bonds. The van der Waals surface area contributed by atoms with Gasteiger partial charge in [0.2, 0.25) is 10.0 Å². The quantitative estimate of drug-likeness (QED) is 0.797. The smallest absolute Gasteiger partial charge is 0.265 e. The predicted molar refractivity (Wildman–Crippen MR) is 90.8 cm³/mol. The summed E-state index contributed by atoms with van der Waals surface area (Å²) in [6.07, 6.45) is 2.08. The number of nitrogens with zero attached hydrogens (tertiary/aromatic N) is 1. The average Bonchev–Trinajstić information content (AvgIpc) is 3.05. The summed E-state index contributed by atoms with van der Waals surface area (Å²) in [7, 11) is -2.15. The first-order valence-corrected chi connectivity index (χ1v) is 9.59. The Hall–Kier alpha value is -1.64. The fourth-order valence-electron chi connectivity index (χ4n) is 2.36. The van der Waals surface area contributed by atoms with Crippen LogP contribution in [-0.4, -0.2) is 18.9 Å². The van der Waals surface area contributed by atoms with Crippen molar-refractivity contribution in [2.45, 2.75) is 31.2 Å². The molecule has 0 aromatic carbocycles. The maximum absolute atomic E-state index is 12.6. The number of sulfonamides is 1. The molecule has 3 N–H and O–H groups in total. The molecule has 1 unspecified atom stereocenters. The van der Waals surface area contributed by atoms with E-state index in [-0.39, 0.29) is 16.6 Å². The van der Waals surface area contributed by atoms with Gasteiger partial charge in [-0.15, -0.1) is 11.3 Å². The van der Waals surface area contributed by atoms with E-state index in [1.807, 2.05) is 31.4 Å². The van der Waals surface area contributed by atoms with Crippen LogP contribution in [-0.2, 0) is 17.1 Å². The molecule has 0 bridgehead atoms. The Morgan fingerprint density at radius 2 is 2.13 bits per heavy atom. The number of amides is 1. The summed E-state index contributed by atoms with van der Waals surface area (Å²) < 4.78 is 29.4. The third kappa shape index (κ3) is 4.21. The minimum absolute atomic E-state index is 0.0408. The zero-order valence-corrected chi connectivity index (χ0v) is 14.9. The van der Waals surface area contributed by atoms with Crippen molar-refractivity contribution >= 4 is 27.3 Å². The second kappa shape index (κ2) is 6.86. The summed E-state index contributed by atoms with van der Waals surface area (Å²) >= 11 is 1.52. The summed E-state index contributed by atoms with van der Waals surface area (Å²) in [5.41, 5.74) is 5.40. The van der Waals surface area contributed by atoms with Gasteiger partial charge in [-0.3, -0.25) is 4.79 Å². The van der Waals surface area contributed by atoms with E-state index in [1.165, 1.54) is 28.2 Å². The summed E-state index contributed by atoms with van der Waals surface area (Å²) in [6.45, 7) is 4.09. The Labute approximate surface area is 140 Å². The highest BCUT2D eigenvalue weighted by Crippen LogP contribution is 2.27. The largest absolute Gasteiger partial charge is 0.364 e. The van der Waals surface area contributed by atoms with Crippen molar-refractivity contribution in [3.8, 4) is 0 Å². The molecule has 0 spiro atoms. The SMILES string of the molecule is CC(C)CC(NS(=O)(=O)c1cc(C(N)=O)n(C)c1)c1cccs1. The number of nitrogens with two attached hydrogens (primary N) is 1. The second-order valence-electron chi connectivity index (χ2n) is 5.86. The normalized spacial score (nSPS) is 13.4. The maximum Gasteiger partial charge on any atom is 0.265 e. The molecule has 0 radical (unpaired) electrons. The molecular weight excluding hydrogens is 334 g/mol.